The van der Waals surface area contributed by atoms with Crippen molar-refractivity contribution < 1.29 is 4.74 Å². The lowest BCUT2D eigenvalue weighted by Crippen LogP contribution is -2.30. The van der Waals surface area contributed by atoms with Gasteiger partial charge in [-0.05, 0) is 42.5 Å². The summed E-state index contributed by atoms with van der Waals surface area (Å²) in [6.07, 6.45) is 3.93. The molecule has 0 spiro atoms. The fraction of sp³-hybridized carbons (Fsp3) is 0.438. The Bertz CT molecular complexity index is 619. The van der Waals surface area contributed by atoms with Crippen LogP contribution in [0.25, 0.3) is 5.69 Å². The predicted molar refractivity (Wildman–Crippen MR) is 86.4 cm³/mol. The normalized spacial score (nSPS) is 19.5. The maximum absolute atomic E-state index is 6.29. The summed E-state index contributed by atoms with van der Waals surface area (Å²) in [6.45, 7) is 4.53. The Kier molecular flexibility index (Phi) is 4.30. The van der Waals surface area contributed by atoms with E-state index in [1.165, 1.54) is 11.3 Å². The number of rotatable bonds is 2. The van der Waals surface area contributed by atoms with Gasteiger partial charge in [0.05, 0.1) is 19.0 Å². The Morgan fingerprint density at radius 1 is 1.29 bits per heavy atom. The van der Waals surface area contributed by atoms with E-state index in [0.717, 1.165) is 24.3 Å². The van der Waals surface area contributed by atoms with Crippen LogP contribution < -0.4 is 10.5 Å². The Morgan fingerprint density at radius 3 is 2.57 bits per heavy atom. The number of fused-ring (bicyclic) bond motifs is 1. The third-order valence-corrected chi connectivity index (χ3v) is 4.04. The number of ether oxygens (including phenoxy) is 1. The van der Waals surface area contributed by atoms with E-state index in [0.29, 0.717) is 0 Å². The monoisotopic (exact) mass is 307 g/mol. The standard InChI is InChI=1S/C16H21N3O.ClH/c1-16(2)8-14(17)13-10-18-19(15(13)9-16)11-4-6-12(20-3)7-5-11;/h4-7,10,14H,8-9,17H2,1-3H3;1H. The maximum atomic E-state index is 6.29. The number of aromatic nitrogens is 2. The molecular formula is C16H22ClN3O. The highest BCUT2D eigenvalue weighted by Crippen LogP contribution is 2.40. The zero-order valence-corrected chi connectivity index (χ0v) is 13.5. The summed E-state index contributed by atoms with van der Waals surface area (Å²) < 4.78 is 7.21. The molecule has 0 saturated carbocycles. The number of benzene rings is 1. The fourth-order valence-electron chi connectivity index (χ4n) is 3.05. The van der Waals surface area contributed by atoms with Gasteiger partial charge in [0.25, 0.3) is 0 Å². The molecule has 1 aromatic carbocycles. The van der Waals surface area contributed by atoms with Crippen LogP contribution in [0, 0.1) is 5.41 Å². The quantitative estimate of drug-likeness (QED) is 0.926. The van der Waals surface area contributed by atoms with Gasteiger partial charge >= 0.3 is 0 Å². The molecule has 2 N–H and O–H groups in total. The van der Waals surface area contributed by atoms with Crippen molar-refractivity contribution in [3.05, 3.63) is 41.7 Å². The average molecular weight is 308 g/mol. The molecule has 1 heterocycles. The van der Waals surface area contributed by atoms with E-state index in [9.17, 15) is 0 Å². The lowest BCUT2D eigenvalue weighted by atomic mass is 9.74. The molecule has 0 saturated heterocycles. The van der Waals surface area contributed by atoms with Gasteiger partial charge < -0.3 is 10.5 Å². The van der Waals surface area contributed by atoms with E-state index < -0.39 is 0 Å². The first kappa shape index (κ1) is 15.9. The van der Waals surface area contributed by atoms with Crippen LogP contribution in [-0.2, 0) is 6.42 Å². The molecule has 1 aliphatic rings. The number of halogens is 1. The summed E-state index contributed by atoms with van der Waals surface area (Å²) >= 11 is 0. The van der Waals surface area contributed by atoms with Gasteiger partial charge in [0.1, 0.15) is 5.75 Å². The molecule has 1 atom stereocenters. The van der Waals surface area contributed by atoms with Crippen LogP contribution in [-0.4, -0.2) is 16.9 Å². The summed E-state index contributed by atoms with van der Waals surface area (Å²) in [5.74, 6) is 0.854. The first-order chi connectivity index (χ1) is 9.50. The van der Waals surface area contributed by atoms with Crippen LogP contribution in [0.5, 0.6) is 5.75 Å². The van der Waals surface area contributed by atoms with Crippen LogP contribution in [0.2, 0.25) is 0 Å². The zero-order chi connectivity index (χ0) is 14.3. The van der Waals surface area contributed by atoms with E-state index in [4.69, 9.17) is 10.5 Å². The molecule has 3 rings (SSSR count). The molecule has 0 amide bonds. The molecule has 1 unspecified atom stereocenters. The Hall–Kier alpha value is -1.52. The van der Waals surface area contributed by atoms with Crippen molar-refractivity contribution in [2.45, 2.75) is 32.7 Å². The second-order valence-corrected chi connectivity index (χ2v) is 6.31. The molecule has 0 radical (unpaired) electrons. The third kappa shape index (κ3) is 2.92. The molecular weight excluding hydrogens is 286 g/mol. The number of hydrogen-bond acceptors (Lipinski definition) is 3. The van der Waals surface area contributed by atoms with Gasteiger partial charge in [0.15, 0.2) is 0 Å². The van der Waals surface area contributed by atoms with E-state index in [1.54, 1.807) is 7.11 Å². The van der Waals surface area contributed by atoms with Gasteiger partial charge in [0.2, 0.25) is 0 Å². The van der Waals surface area contributed by atoms with E-state index in [-0.39, 0.29) is 23.9 Å². The topological polar surface area (TPSA) is 53.1 Å². The highest BCUT2D eigenvalue weighted by Gasteiger charge is 2.33. The lowest BCUT2D eigenvalue weighted by Gasteiger charge is -2.33. The first-order valence-corrected chi connectivity index (χ1v) is 6.97. The van der Waals surface area contributed by atoms with E-state index in [2.05, 4.69) is 18.9 Å². The van der Waals surface area contributed by atoms with Crippen molar-refractivity contribution >= 4 is 12.4 Å². The highest BCUT2D eigenvalue weighted by atomic mass is 35.5. The smallest absolute Gasteiger partial charge is 0.119 e. The van der Waals surface area contributed by atoms with Gasteiger partial charge in [-0.15, -0.1) is 12.4 Å². The van der Waals surface area contributed by atoms with Gasteiger partial charge in [-0.25, -0.2) is 4.68 Å². The van der Waals surface area contributed by atoms with Gasteiger partial charge in [-0.3, -0.25) is 0 Å². The zero-order valence-electron chi connectivity index (χ0n) is 12.7. The minimum atomic E-state index is 0. The SMILES string of the molecule is COc1ccc(-n2ncc3c2CC(C)(C)CC3N)cc1.Cl. The van der Waals surface area contributed by atoms with Gasteiger partial charge in [0, 0.05) is 17.3 Å². The minimum absolute atomic E-state index is 0. The largest absolute Gasteiger partial charge is 0.497 e. The predicted octanol–water partition coefficient (Wildman–Crippen LogP) is 3.27. The molecule has 1 aromatic heterocycles. The lowest BCUT2D eigenvalue weighted by molar-refractivity contribution is 0.278. The molecule has 21 heavy (non-hydrogen) atoms. The molecule has 4 nitrogen and oxygen atoms in total. The maximum Gasteiger partial charge on any atom is 0.119 e. The van der Waals surface area contributed by atoms with Crippen LogP contribution in [0.1, 0.15) is 37.6 Å². The summed E-state index contributed by atoms with van der Waals surface area (Å²) in [4.78, 5) is 0. The van der Waals surface area contributed by atoms with Crippen molar-refractivity contribution in [1.29, 1.82) is 0 Å². The summed E-state index contributed by atoms with van der Waals surface area (Å²) in [5, 5.41) is 4.54. The molecule has 0 bridgehead atoms. The summed E-state index contributed by atoms with van der Waals surface area (Å²) in [6, 6.07) is 8.05. The second kappa shape index (κ2) is 5.70. The molecule has 1 aliphatic carbocycles. The van der Waals surface area contributed by atoms with Crippen LogP contribution in [0.4, 0.5) is 0 Å². The number of nitrogens with two attached hydrogens (primary N) is 1. The fourth-order valence-corrected chi connectivity index (χ4v) is 3.05. The van der Waals surface area contributed by atoms with Gasteiger partial charge in [-0.2, -0.15) is 5.10 Å². The van der Waals surface area contributed by atoms with Crippen LogP contribution in [0.3, 0.4) is 0 Å². The number of methoxy groups -OCH3 is 1. The average Bonchev–Trinajstić information content (AvgIpc) is 2.81. The third-order valence-electron chi connectivity index (χ3n) is 4.04. The van der Waals surface area contributed by atoms with Crippen molar-refractivity contribution in [3.8, 4) is 11.4 Å². The Morgan fingerprint density at radius 2 is 1.95 bits per heavy atom. The van der Waals surface area contributed by atoms with Crippen LogP contribution in [0.15, 0.2) is 30.5 Å². The molecule has 0 aliphatic heterocycles. The van der Waals surface area contributed by atoms with Crippen molar-refractivity contribution in [2.75, 3.05) is 7.11 Å². The number of nitrogens with zero attached hydrogens (tertiary/aromatic N) is 2. The van der Waals surface area contributed by atoms with Crippen LogP contribution >= 0.6 is 12.4 Å². The minimum Gasteiger partial charge on any atom is -0.497 e. The molecule has 0 fully saturated rings. The summed E-state index contributed by atoms with van der Waals surface area (Å²) in [7, 11) is 1.67. The highest BCUT2D eigenvalue weighted by molar-refractivity contribution is 5.85. The van der Waals surface area contributed by atoms with Gasteiger partial charge in [-0.1, -0.05) is 13.8 Å². The first-order valence-electron chi connectivity index (χ1n) is 6.97. The molecule has 114 valence electrons. The van der Waals surface area contributed by atoms with E-state index in [1.807, 2.05) is 35.1 Å². The summed E-state index contributed by atoms with van der Waals surface area (Å²) in [5.41, 5.74) is 9.97. The Labute approximate surface area is 131 Å². The number of hydrogen-bond donors (Lipinski definition) is 1. The molecule has 2 aromatic rings. The van der Waals surface area contributed by atoms with Crippen molar-refractivity contribution in [3.63, 3.8) is 0 Å². The van der Waals surface area contributed by atoms with Crippen molar-refractivity contribution in [1.82, 2.24) is 9.78 Å². The second-order valence-electron chi connectivity index (χ2n) is 6.31. The van der Waals surface area contributed by atoms with Crippen molar-refractivity contribution in [2.24, 2.45) is 11.1 Å². The Balaban J connectivity index is 0.00000161. The van der Waals surface area contributed by atoms with E-state index >= 15 is 0 Å². The molecule has 5 heteroatoms.